The number of carbonyl (C=O) groups excluding carboxylic acids is 2. The molecule has 33 heavy (non-hydrogen) atoms. The van der Waals surface area contributed by atoms with Crippen LogP contribution in [-0.4, -0.2) is 11.9 Å². The second-order valence-corrected chi connectivity index (χ2v) is 8.30. The largest absolute Gasteiger partial charge is 0.423 e. The van der Waals surface area contributed by atoms with Crippen LogP contribution < -0.4 is 10.1 Å². The number of esters is 1. The maximum atomic E-state index is 12.5. The van der Waals surface area contributed by atoms with Gasteiger partial charge in [-0.25, -0.2) is 4.79 Å². The number of aryl methyl sites for hydroxylation is 1. The van der Waals surface area contributed by atoms with Crippen LogP contribution in [0.1, 0.15) is 78.1 Å². The van der Waals surface area contributed by atoms with Crippen molar-refractivity contribution in [2.24, 2.45) is 0 Å². The summed E-state index contributed by atoms with van der Waals surface area (Å²) in [7, 11) is 0. The average Bonchev–Trinajstić information content (AvgIpc) is 2.85. The topological polar surface area (TPSA) is 55.4 Å². The number of amides is 1. The minimum atomic E-state index is -0.421. The van der Waals surface area contributed by atoms with Gasteiger partial charge < -0.3 is 10.1 Å². The molecule has 0 heterocycles. The Labute approximate surface area is 197 Å². The van der Waals surface area contributed by atoms with E-state index in [-0.39, 0.29) is 5.91 Å². The van der Waals surface area contributed by atoms with E-state index in [9.17, 15) is 9.59 Å². The van der Waals surface area contributed by atoms with Gasteiger partial charge in [-0.2, -0.15) is 0 Å². The lowest BCUT2D eigenvalue weighted by Gasteiger charge is -2.08. The Hall–Kier alpha value is -3.40. The van der Waals surface area contributed by atoms with Crippen LogP contribution in [0.25, 0.3) is 0 Å². The molecule has 0 aliphatic carbocycles. The van der Waals surface area contributed by atoms with E-state index < -0.39 is 5.97 Å². The number of rotatable bonds is 12. The normalized spacial score (nSPS) is 10.6. The number of ether oxygens (including phenoxy) is 1. The van der Waals surface area contributed by atoms with Gasteiger partial charge in [0.05, 0.1) is 5.56 Å². The fraction of sp³-hybridized carbons (Fsp3) is 0.310. The Morgan fingerprint density at radius 3 is 2.00 bits per heavy atom. The van der Waals surface area contributed by atoms with E-state index in [1.807, 2.05) is 42.5 Å². The zero-order valence-electron chi connectivity index (χ0n) is 19.4. The van der Waals surface area contributed by atoms with E-state index in [4.69, 9.17) is 4.74 Å². The molecule has 3 aromatic rings. The molecule has 0 fully saturated rings. The van der Waals surface area contributed by atoms with Crippen molar-refractivity contribution in [1.29, 1.82) is 0 Å². The minimum Gasteiger partial charge on any atom is -0.423 e. The predicted octanol–water partition coefficient (Wildman–Crippen LogP) is 7.45. The second kappa shape index (κ2) is 13.2. The Bertz CT molecular complexity index is 995. The first-order chi connectivity index (χ1) is 16.2. The summed E-state index contributed by atoms with van der Waals surface area (Å²) < 4.78 is 5.50. The highest BCUT2D eigenvalue weighted by Gasteiger charge is 2.10. The van der Waals surface area contributed by atoms with Gasteiger partial charge in [0.15, 0.2) is 0 Å². The summed E-state index contributed by atoms with van der Waals surface area (Å²) in [6.45, 7) is 2.24. The number of hydrogen-bond donors (Lipinski definition) is 1. The number of hydrogen-bond acceptors (Lipinski definition) is 3. The first kappa shape index (κ1) is 24.2. The molecule has 0 spiro atoms. The zero-order chi connectivity index (χ0) is 23.3. The third-order valence-corrected chi connectivity index (χ3v) is 5.62. The van der Waals surface area contributed by atoms with E-state index in [0.717, 1.165) is 6.42 Å². The maximum Gasteiger partial charge on any atom is 0.343 e. The monoisotopic (exact) mass is 443 g/mol. The van der Waals surface area contributed by atoms with Gasteiger partial charge in [0, 0.05) is 11.3 Å². The summed E-state index contributed by atoms with van der Waals surface area (Å²) >= 11 is 0. The smallest absolute Gasteiger partial charge is 0.343 e. The van der Waals surface area contributed by atoms with E-state index in [1.165, 1.54) is 50.5 Å². The number of benzene rings is 3. The van der Waals surface area contributed by atoms with Crippen LogP contribution in [0.2, 0.25) is 0 Å². The summed E-state index contributed by atoms with van der Waals surface area (Å²) in [5, 5.41) is 2.82. The van der Waals surface area contributed by atoms with Gasteiger partial charge in [0.25, 0.3) is 5.91 Å². The molecule has 1 N–H and O–H groups in total. The van der Waals surface area contributed by atoms with E-state index in [2.05, 4.69) is 12.2 Å². The molecule has 0 radical (unpaired) electrons. The van der Waals surface area contributed by atoms with E-state index >= 15 is 0 Å². The fourth-order valence-corrected chi connectivity index (χ4v) is 3.66. The average molecular weight is 444 g/mol. The number of anilines is 1. The molecule has 3 rings (SSSR count). The van der Waals surface area contributed by atoms with Gasteiger partial charge in [-0.05, 0) is 66.9 Å². The van der Waals surface area contributed by atoms with Gasteiger partial charge in [-0.15, -0.1) is 0 Å². The van der Waals surface area contributed by atoms with Crippen molar-refractivity contribution in [2.45, 2.75) is 58.3 Å². The van der Waals surface area contributed by atoms with Crippen molar-refractivity contribution in [3.63, 3.8) is 0 Å². The molecule has 0 saturated heterocycles. The quantitative estimate of drug-likeness (QED) is 0.180. The lowest BCUT2D eigenvalue weighted by atomic mass is 10.0. The van der Waals surface area contributed by atoms with Crippen molar-refractivity contribution in [3.8, 4) is 5.75 Å². The molecule has 4 nitrogen and oxygen atoms in total. The van der Waals surface area contributed by atoms with Gasteiger partial charge >= 0.3 is 5.97 Å². The molecular weight excluding hydrogens is 410 g/mol. The lowest BCUT2D eigenvalue weighted by molar-refractivity contribution is 0.0734. The molecule has 0 aliphatic heterocycles. The van der Waals surface area contributed by atoms with Crippen molar-refractivity contribution < 1.29 is 14.3 Å². The molecule has 0 unspecified atom stereocenters. The molecule has 0 saturated carbocycles. The maximum absolute atomic E-state index is 12.5. The highest BCUT2D eigenvalue weighted by molar-refractivity contribution is 6.04. The lowest BCUT2D eigenvalue weighted by Crippen LogP contribution is -2.12. The fourth-order valence-electron chi connectivity index (χ4n) is 3.66. The van der Waals surface area contributed by atoms with Gasteiger partial charge in [-0.3, -0.25) is 4.79 Å². The van der Waals surface area contributed by atoms with Crippen molar-refractivity contribution in [2.75, 3.05) is 5.32 Å². The van der Waals surface area contributed by atoms with Crippen LogP contribution in [0.3, 0.4) is 0 Å². The van der Waals surface area contributed by atoms with E-state index in [0.29, 0.717) is 22.6 Å². The molecule has 0 aromatic heterocycles. The van der Waals surface area contributed by atoms with Crippen LogP contribution in [0.5, 0.6) is 5.75 Å². The highest BCUT2D eigenvalue weighted by atomic mass is 16.5. The molecule has 1 amide bonds. The summed E-state index contributed by atoms with van der Waals surface area (Å²) in [6, 6.07) is 23.5. The van der Waals surface area contributed by atoms with Crippen LogP contribution >= 0.6 is 0 Å². The number of nitrogens with one attached hydrogen (secondary N) is 1. The molecule has 0 bridgehead atoms. The summed E-state index contributed by atoms with van der Waals surface area (Å²) in [6.07, 6.45) is 10.1. The summed E-state index contributed by atoms with van der Waals surface area (Å²) in [4.78, 5) is 24.7. The molecule has 0 aliphatic rings. The van der Waals surface area contributed by atoms with Crippen molar-refractivity contribution in [1.82, 2.24) is 0 Å². The Morgan fingerprint density at radius 2 is 1.33 bits per heavy atom. The van der Waals surface area contributed by atoms with Crippen molar-refractivity contribution >= 4 is 17.6 Å². The Morgan fingerprint density at radius 1 is 0.697 bits per heavy atom. The molecule has 172 valence electrons. The molecule has 4 heteroatoms. The molecule has 3 aromatic carbocycles. The van der Waals surface area contributed by atoms with Crippen molar-refractivity contribution in [3.05, 3.63) is 95.6 Å². The standard InChI is InChI=1S/C29H33NO3/c1-2-3-4-5-6-7-9-12-23-15-21-27(22-16-23)33-29(32)25-17-19-26(20-18-25)30-28(31)24-13-10-8-11-14-24/h8,10-11,13-22H,2-7,9,12H2,1H3,(H,30,31). The zero-order valence-corrected chi connectivity index (χ0v) is 19.4. The molecular formula is C29H33NO3. The Balaban J connectivity index is 1.43. The number of carbonyl (C=O) groups is 2. The van der Waals surface area contributed by atoms with Gasteiger partial charge in [-0.1, -0.05) is 75.8 Å². The van der Waals surface area contributed by atoms with Gasteiger partial charge in [0.2, 0.25) is 0 Å². The van der Waals surface area contributed by atoms with Crippen LogP contribution in [0, 0.1) is 0 Å². The minimum absolute atomic E-state index is 0.192. The third-order valence-electron chi connectivity index (χ3n) is 5.62. The van der Waals surface area contributed by atoms with Crippen LogP contribution in [0.15, 0.2) is 78.9 Å². The first-order valence-corrected chi connectivity index (χ1v) is 11.9. The SMILES string of the molecule is CCCCCCCCCc1ccc(OC(=O)c2ccc(NC(=O)c3ccccc3)cc2)cc1. The second-order valence-electron chi connectivity index (χ2n) is 8.30. The predicted molar refractivity (Wildman–Crippen MR) is 134 cm³/mol. The van der Waals surface area contributed by atoms with Crippen LogP contribution in [-0.2, 0) is 6.42 Å². The first-order valence-electron chi connectivity index (χ1n) is 11.9. The number of unbranched alkanes of at least 4 members (excludes halogenated alkanes) is 6. The highest BCUT2D eigenvalue weighted by Crippen LogP contribution is 2.18. The summed E-state index contributed by atoms with van der Waals surface area (Å²) in [5.74, 6) is -0.0805. The summed E-state index contributed by atoms with van der Waals surface area (Å²) in [5.41, 5.74) is 2.90. The molecule has 0 atom stereocenters. The van der Waals surface area contributed by atoms with Gasteiger partial charge in [0.1, 0.15) is 5.75 Å². The van der Waals surface area contributed by atoms with Crippen LogP contribution in [0.4, 0.5) is 5.69 Å². The Kier molecular flexibility index (Phi) is 9.71. The third kappa shape index (κ3) is 8.23. The van der Waals surface area contributed by atoms with E-state index in [1.54, 1.807) is 36.4 Å².